The summed E-state index contributed by atoms with van der Waals surface area (Å²) in [7, 11) is -3.29. The molecule has 0 unspecified atom stereocenters. The molecule has 2 aliphatic heterocycles. The first-order valence-corrected chi connectivity index (χ1v) is 11.2. The van der Waals surface area contributed by atoms with Crippen LogP contribution in [-0.2, 0) is 22.9 Å². The quantitative estimate of drug-likeness (QED) is 0.768. The summed E-state index contributed by atoms with van der Waals surface area (Å²) in [5.41, 5.74) is 5.21. The second kappa shape index (κ2) is 6.53. The highest BCUT2D eigenvalue weighted by Gasteiger charge is 2.29. The standard InChI is InChI=1S/C20H21ClN2O3S/c1-13-10-17(21)12-15-4-3-8-22(19(13)15)20(24)16-5-6-18-14(11-16)7-9-23(18)27(2,25)26/h5-6,10-12H,3-4,7-9H2,1-2H3. The first kappa shape index (κ1) is 18.3. The average Bonchev–Trinajstić information content (AvgIpc) is 3.03. The number of benzene rings is 2. The molecule has 0 saturated heterocycles. The van der Waals surface area contributed by atoms with Gasteiger partial charge < -0.3 is 4.90 Å². The van der Waals surface area contributed by atoms with E-state index in [0.717, 1.165) is 35.2 Å². The van der Waals surface area contributed by atoms with Crippen LogP contribution < -0.4 is 9.21 Å². The van der Waals surface area contributed by atoms with Crippen LogP contribution in [-0.4, -0.2) is 33.7 Å². The number of anilines is 2. The van der Waals surface area contributed by atoms with Crippen molar-refractivity contribution >= 4 is 38.9 Å². The molecule has 1 amide bonds. The largest absolute Gasteiger partial charge is 0.308 e. The number of carbonyl (C=O) groups excluding carboxylic acids is 1. The van der Waals surface area contributed by atoms with Crippen molar-refractivity contribution in [3.8, 4) is 0 Å². The molecule has 142 valence electrons. The highest BCUT2D eigenvalue weighted by molar-refractivity contribution is 7.92. The van der Waals surface area contributed by atoms with E-state index in [2.05, 4.69) is 0 Å². The predicted molar refractivity (Wildman–Crippen MR) is 109 cm³/mol. The number of aryl methyl sites for hydroxylation is 2. The van der Waals surface area contributed by atoms with Crippen molar-refractivity contribution in [2.24, 2.45) is 0 Å². The van der Waals surface area contributed by atoms with Gasteiger partial charge >= 0.3 is 0 Å². The Morgan fingerprint density at radius 2 is 1.85 bits per heavy atom. The summed E-state index contributed by atoms with van der Waals surface area (Å²) < 4.78 is 25.2. The number of hydrogen-bond acceptors (Lipinski definition) is 3. The zero-order chi connectivity index (χ0) is 19.3. The number of sulfonamides is 1. The fourth-order valence-electron chi connectivity index (χ4n) is 4.13. The van der Waals surface area contributed by atoms with Crippen LogP contribution in [0.3, 0.4) is 0 Å². The molecule has 2 heterocycles. The van der Waals surface area contributed by atoms with E-state index in [1.54, 1.807) is 12.1 Å². The fraction of sp³-hybridized carbons (Fsp3) is 0.350. The molecule has 2 aliphatic rings. The lowest BCUT2D eigenvalue weighted by Crippen LogP contribution is -2.36. The number of fused-ring (bicyclic) bond motifs is 2. The van der Waals surface area contributed by atoms with E-state index in [0.29, 0.717) is 35.8 Å². The maximum atomic E-state index is 13.2. The third-order valence-corrected chi connectivity index (χ3v) is 6.66. The van der Waals surface area contributed by atoms with E-state index in [9.17, 15) is 13.2 Å². The van der Waals surface area contributed by atoms with E-state index >= 15 is 0 Å². The summed E-state index contributed by atoms with van der Waals surface area (Å²) in [5.74, 6) is -0.0537. The topological polar surface area (TPSA) is 57.7 Å². The smallest absolute Gasteiger partial charge is 0.258 e. The van der Waals surface area contributed by atoms with E-state index in [1.807, 2.05) is 30.0 Å². The molecule has 5 nitrogen and oxygen atoms in total. The van der Waals surface area contributed by atoms with Crippen LogP contribution in [0.2, 0.25) is 5.02 Å². The van der Waals surface area contributed by atoms with Gasteiger partial charge in [-0.05, 0) is 73.2 Å². The summed E-state index contributed by atoms with van der Waals surface area (Å²) >= 11 is 6.18. The van der Waals surface area contributed by atoms with Gasteiger partial charge in [0.25, 0.3) is 5.91 Å². The predicted octanol–water partition coefficient (Wildman–Crippen LogP) is 3.56. The van der Waals surface area contributed by atoms with Crippen LogP contribution in [0.25, 0.3) is 0 Å². The Labute approximate surface area is 164 Å². The van der Waals surface area contributed by atoms with Crippen molar-refractivity contribution in [1.29, 1.82) is 0 Å². The minimum atomic E-state index is -3.29. The first-order chi connectivity index (χ1) is 12.8. The van der Waals surface area contributed by atoms with E-state index < -0.39 is 10.0 Å². The lowest BCUT2D eigenvalue weighted by atomic mass is 9.97. The lowest BCUT2D eigenvalue weighted by molar-refractivity contribution is 0.0985. The second-order valence-corrected chi connectivity index (χ2v) is 9.56. The van der Waals surface area contributed by atoms with Crippen molar-refractivity contribution in [1.82, 2.24) is 0 Å². The van der Waals surface area contributed by atoms with Gasteiger partial charge in [-0.25, -0.2) is 8.42 Å². The van der Waals surface area contributed by atoms with Gasteiger partial charge in [-0.2, -0.15) is 0 Å². The molecule has 2 aromatic carbocycles. The van der Waals surface area contributed by atoms with Gasteiger partial charge in [0.1, 0.15) is 0 Å². The van der Waals surface area contributed by atoms with Gasteiger partial charge in [0.15, 0.2) is 0 Å². The van der Waals surface area contributed by atoms with Crippen LogP contribution in [0.4, 0.5) is 11.4 Å². The normalized spacial score (nSPS) is 16.3. The molecule has 27 heavy (non-hydrogen) atoms. The van der Waals surface area contributed by atoms with Crippen molar-refractivity contribution in [2.45, 2.75) is 26.2 Å². The molecule has 7 heteroatoms. The van der Waals surface area contributed by atoms with E-state index in [-0.39, 0.29) is 5.91 Å². The summed E-state index contributed by atoms with van der Waals surface area (Å²) in [6.07, 6.45) is 3.63. The third kappa shape index (κ3) is 3.21. The highest BCUT2D eigenvalue weighted by atomic mass is 35.5. The zero-order valence-electron chi connectivity index (χ0n) is 15.3. The second-order valence-electron chi connectivity index (χ2n) is 7.22. The van der Waals surface area contributed by atoms with Gasteiger partial charge in [-0.15, -0.1) is 0 Å². The molecule has 0 N–H and O–H groups in total. The van der Waals surface area contributed by atoms with Crippen LogP contribution in [0.5, 0.6) is 0 Å². The monoisotopic (exact) mass is 404 g/mol. The molecule has 0 bridgehead atoms. The molecule has 0 aromatic heterocycles. The molecule has 0 saturated carbocycles. The molecule has 2 aromatic rings. The summed E-state index contributed by atoms with van der Waals surface area (Å²) in [6, 6.07) is 9.14. The third-order valence-electron chi connectivity index (χ3n) is 5.27. The Kier molecular flexibility index (Phi) is 4.43. The van der Waals surface area contributed by atoms with Gasteiger partial charge in [-0.3, -0.25) is 9.10 Å². The minimum absolute atomic E-state index is 0.0537. The molecular formula is C20H21ClN2O3S. The minimum Gasteiger partial charge on any atom is -0.308 e. The molecule has 0 atom stereocenters. The van der Waals surface area contributed by atoms with E-state index in [1.165, 1.54) is 10.6 Å². The van der Waals surface area contributed by atoms with Crippen LogP contribution in [0, 0.1) is 6.92 Å². The summed E-state index contributed by atoms with van der Waals surface area (Å²) in [4.78, 5) is 15.1. The number of amides is 1. The number of carbonyl (C=O) groups is 1. The van der Waals surface area contributed by atoms with Crippen molar-refractivity contribution in [3.63, 3.8) is 0 Å². The Bertz CT molecular complexity index is 1050. The van der Waals surface area contributed by atoms with Gasteiger partial charge in [0, 0.05) is 23.7 Å². The molecule has 4 rings (SSSR count). The SMILES string of the molecule is Cc1cc(Cl)cc2c1N(C(=O)c1ccc3c(c1)CCN3S(C)(=O)=O)CCC2. The van der Waals surface area contributed by atoms with Gasteiger partial charge in [-0.1, -0.05) is 11.6 Å². The summed E-state index contributed by atoms with van der Waals surface area (Å²) in [5, 5.41) is 0.693. The van der Waals surface area contributed by atoms with Crippen LogP contribution >= 0.6 is 11.6 Å². The van der Waals surface area contributed by atoms with Crippen molar-refractivity contribution < 1.29 is 13.2 Å². The van der Waals surface area contributed by atoms with Crippen LogP contribution in [0.15, 0.2) is 30.3 Å². The number of rotatable bonds is 2. The Morgan fingerprint density at radius 1 is 1.07 bits per heavy atom. The lowest BCUT2D eigenvalue weighted by Gasteiger charge is -2.31. The fourth-order valence-corrected chi connectivity index (χ4v) is 5.38. The molecule has 0 spiro atoms. The average molecular weight is 405 g/mol. The molecule has 0 aliphatic carbocycles. The van der Waals surface area contributed by atoms with E-state index in [4.69, 9.17) is 11.6 Å². The Morgan fingerprint density at radius 3 is 2.59 bits per heavy atom. The maximum absolute atomic E-state index is 13.2. The van der Waals surface area contributed by atoms with Crippen molar-refractivity contribution in [2.75, 3.05) is 28.6 Å². The number of halogens is 1. The van der Waals surface area contributed by atoms with Gasteiger partial charge in [0.05, 0.1) is 17.6 Å². The Balaban J connectivity index is 1.70. The number of hydrogen-bond donors (Lipinski definition) is 0. The van der Waals surface area contributed by atoms with Gasteiger partial charge in [0.2, 0.25) is 10.0 Å². The first-order valence-electron chi connectivity index (χ1n) is 8.97. The Hall–Kier alpha value is -2.05. The molecule has 0 fully saturated rings. The molecular weight excluding hydrogens is 384 g/mol. The summed E-state index contributed by atoms with van der Waals surface area (Å²) in [6.45, 7) is 3.07. The number of nitrogens with zero attached hydrogens (tertiary/aromatic N) is 2. The highest BCUT2D eigenvalue weighted by Crippen LogP contribution is 2.36. The molecule has 0 radical (unpaired) electrons. The van der Waals surface area contributed by atoms with Crippen molar-refractivity contribution in [3.05, 3.63) is 57.6 Å². The zero-order valence-corrected chi connectivity index (χ0v) is 16.9. The van der Waals surface area contributed by atoms with Crippen LogP contribution in [0.1, 0.15) is 33.5 Å². The maximum Gasteiger partial charge on any atom is 0.258 e.